The molecule has 3 heterocycles. The molecule has 2 N–H and O–H groups in total. The third-order valence-corrected chi connectivity index (χ3v) is 4.00. The second-order valence-corrected chi connectivity index (χ2v) is 6.10. The Kier molecular flexibility index (Phi) is 5.40. The maximum absolute atomic E-state index is 11.7. The summed E-state index contributed by atoms with van der Waals surface area (Å²) in [6, 6.07) is 0. The fourth-order valence-corrected chi connectivity index (χ4v) is 2.97. The van der Waals surface area contributed by atoms with Crippen LogP contribution in [0.1, 0.15) is 27.0 Å². The van der Waals surface area contributed by atoms with E-state index in [-0.39, 0.29) is 12.4 Å². The van der Waals surface area contributed by atoms with Gasteiger partial charge in [-0.2, -0.15) is 0 Å². The molecule has 2 aromatic rings. The smallest absolute Gasteiger partial charge is 0.303 e. The van der Waals surface area contributed by atoms with Crippen LogP contribution in [0.4, 0.5) is 5.82 Å². The van der Waals surface area contributed by atoms with E-state index < -0.39 is 42.4 Å². The van der Waals surface area contributed by atoms with Crippen LogP contribution in [-0.2, 0) is 33.3 Å². The number of anilines is 1. The molecular formula is C16H19N5O7. The number of imidazole rings is 1. The van der Waals surface area contributed by atoms with Gasteiger partial charge in [0.25, 0.3) is 0 Å². The van der Waals surface area contributed by atoms with Gasteiger partial charge in [0, 0.05) is 20.8 Å². The standard InChI is InChI=1S/C16H19N5O7/c1-7(22)25-4-10-12(26-8(2)23)13(27-9(3)24)16(28-10)21-6-20-11-14(17)18-5-19-15(11)21/h5-6,10,12-13,16H,4H2,1-3H3,(H2,17,18,19)/t10-,12-,13-,16-/m0/s1. The highest BCUT2D eigenvalue weighted by Crippen LogP contribution is 2.36. The highest BCUT2D eigenvalue weighted by Gasteiger charge is 2.51. The van der Waals surface area contributed by atoms with Crippen molar-refractivity contribution in [2.45, 2.75) is 45.3 Å². The van der Waals surface area contributed by atoms with Crippen LogP contribution in [0.2, 0.25) is 0 Å². The minimum absolute atomic E-state index is 0.166. The first-order valence-corrected chi connectivity index (χ1v) is 8.34. The molecule has 0 bridgehead atoms. The van der Waals surface area contributed by atoms with Crippen LogP contribution in [0.3, 0.4) is 0 Å². The predicted molar refractivity (Wildman–Crippen MR) is 91.4 cm³/mol. The molecule has 0 radical (unpaired) electrons. The van der Waals surface area contributed by atoms with Gasteiger partial charge in [-0.1, -0.05) is 0 Å². The van der Waals surface area contributed by atoms with E-state index in [0.717, 1.165) is 0 Å². The number of aromatic nitrogens is 4. The Balaban J connectivity index is 2.01. The van der Waals surface area contributed by atoms with E-state index in [1.54, 1.807) is 0 Å². The molecule has 150 valence electrons. The fraction of sp³-hybridized carbons (Fsp3) is 0.500. The summed E-state index contributed by atoms with van der Waals surface area (Å²) < 4.78 is 23.1. The van der Waals surface area contributed by atoms with Crippen molar-refractivity contribution in [3.63, 3.8) is 0 Å². The van der Waals surface area contributed by atoms with Crippen molar-refractivity contribution >= 4 is 34.9 Å². The molecule has 1 aliphatic rings. The van der Waals surface area contributed by atoms with Gasteiger partial charge in [0.05, 0.1) is 6.33 Å². The van der Waals surface area contributed by atoms with Gasteiger partial charge in [-0.05, 0) is 0 Å². The van der Waals surface area contributed by atoms with Gasteiger partial charge < -0.3 is 24.7 Å². The lowest BCUT2D eigenvalue weighted by molar-refractivity contribution is -0.166. The Morgan fingerprint density at radius 2 is 1.75 bits per heavy atom. The zero-order chi connectivity index (χ0) is 20.4. The molecule has 28 heavy (non-hydrogen) atoms. The van der Waals surface area contributed by atoms with Crippen molar-refractivity contribution < 1.29 is 33.3 Å². The van der Waals surface area contributed by atoms with Crippen molar-refractivity contribution in [1.82, 2.24) is 19.5 Å². The van der Waals surface area contributed by atoms with Crippen LogP contribution in [-0.4, -0.2) is 62.3 Å². The van der Waals surface area contributed by atoms with E-state index in [2.05, 4.69) is 15.0 Å². The third kappa shape index (κ3) is 3.86. The number of nitrogens with two attached hydrogens (primary N) is 1. The quantitative estimate of drug-likeness (QED) is 0.526. The number of nitrogens with zero attached hydrogens (tertiary/aromatic N) is 4. The summed E-state index contributed by atoms with van der Waals surface area (Å²) in [6.45, 7) is 3.46. The number of carbonyl (C=O) groups excluding carboxylic acids is 3. The van der Waals surface area contributed by atoms with Crippen LogP contribution in [0.5, 0.6) is 0 Å². The zero-order valence-corrected chi connectivity index (χ0v) is 15.4. The van der Waals surface area contributed by atoms with Crippen molar-refractivity contribution in [2.24, 2.45) is 0 Å². The number of carbonyl (C=O) groups is 3. The van der Waals surface area contributed by atoms with Gasteiger partial charge in [0.15, 0.2) is 29.9 Å². The van der Waals surface area contributed by atoms with E-state index in [0.29, 0.717) is 11.2 Å². The number of fused-ring (bicyclic) bond motifs is 1. The first-order chi connectivity index (χ1) is 13.3. The number of ether oxygens (including phenoxy) is 4. The number of nitrogen functional groups attached to an aromatic ring is 1. The SMILES string of the molecule is CC(=O)OC[C@@H]1O[C@H](n2cnc3c(N)ncnc32)[C@@H](OC(C)=O)[C@H]1OC(C)=O. The van der Waals surface area contributed by atoms with Crippen LogP contribution < -0.4 is 5.73 Å². The minimum Gasteiger partial charge on any atom is -0.463 e. The van der Waals surface area contributed by atoms with Crippen molar-refractivity contribution in [3.8, 4) is 0 Å². The lowest BCUT2D eigenvalue weighted by atomic mass is 10.1. The van der Waals surface area contributed by atoms with E-state index >= 15 is 0 Å². The zero-order valence-electron chi connectivity index (χ0n) is 15.4. The molecule has 0 saturated carbocycles. The van der Waals surface area contributed by atoms with Crippen molar-refractivity contribution in [1.29, 1.82) is 0 Å². The van der Waals surface area contributed by atoms with Gasteiger partial charge in [0.2, 0.25) is 0 Å². The fourth-order valence-electron chi connectivity index (χ4n) is 2.97. The minimum atomic E-state index is -1.03. The molecule has 1 fully saturated rings. The molecule has 12 heteroatoms. The number of hydrogen-bond donors (Lipinski definition) is 1. The van der Waals surface area contributed by atoms with Crippen LogP contribution in [0, 0.1) is 0 Å². The Labute approximate surface area is 158 Å². The Hall–Kier alpha value is -3.28. The lowest BCUT2D eigenvalue weighted by Crippen LogP contribution is -2.40. The highest BCUT2D eigenvalue weighted by atomic mass is 16.7. The second-order valence-electron chi connectivity index (χ2n) is 6.10. The molecule has 0 aliphatic carbocycles. The predicted octanol–water partition coefficient (Wildman–Crippen LogP) is -0.268. The Morgan fingerprint density at radius 1 is 1.07 bits per heavy atom. The molecule has 0 aromatic carbocycles. The number of esters is 3. The van der Waals surface area contributed by atoms with Crippen LogP contribution in [0.15, 0.2) is 12.7 Å². The number of hydrogen-bond acceptors (Lipinski definition) is 11. The largest absolute Gasteiger partial charge is 0.463 e. The second kappa shape index (κ2) is 7.76. The molecule has 4 atom stereocenters. The summed E-state index contributed by atoms with van der Waals surface area (Å²) in [6.07, 6.45) is -1.22. The van der Waals surface area contributed by atoms with E-state index in [1.807, 2.05) is 0 Å². The van der Waals surface area contributed by atoms with Crippen LogP contribution >= 0.6 is 0 Å². The monoisotopic (exact) mass is 393 g/mol. The van der Waals surface area contributed by atoms with Crippen molar-refractivity contribution in [2.75, 3.05) is 12.3 Å². The molecule has 1 aliphatic heterocycles. The summed E-state index contributed by atoms with van der Waals surface area (Å²) in [5.41, 5.74) is 6.48. The normalized spacial score (nSPS) is 24.1. The van der Waals surface area contributed by atoms with Gasteiger partial charge in [-0.25, -0.2) is 15.0 Å². The summed E-state index contributed by atoms with van der Waals surface area (Å²) in [5.74, 6) is -1.59. The average Bonchev–Trinajstić information content (AvgIpc) is 3.16. The van der Waals surface area contributed by atoms with E-state index in [4.69, 9.17) is 24.7 Å². The third-order valence-electron chi connectivity index (χ3n) is 4.00. The maximum Gasteiger partial charge on any atom is 0.303 e. The number of rotatable bonds is 5. The van der Waals surface area contributed by atoms with E-state index in [9.17, 15) is 14.4 Å². The molecule has 0 spiro atoms. The molecule has 0 unspecified atom stereocenters. The van der Waals surface area contributed by atoms with Gasteiger partial charge in [-0.15, -0.1) is 0 Å². The van der Waals surface area contributed by atoms with Gasteiger partial charge in [-0.3, -0.25) is 19.0 Å². The summed E-state index contributed by atoms with van der Waals surface area (Å²) in [4.78, 5) is 46.6. The molecule has 0 amide bonds. The highest BCUT2D eigenvalue weighted by molar-refractivity contribution is 5.81. The van der Waals surface area contributed by atoms with Crippen LogP contribution in [0.25, 0.3) is 11.2 Å². The molecule has 2 aromatic heterocycles. The first-order valence-electron chi connectivity index (χ1n) is 8.34. The Morgan fingerprint density at radius 3 is 2.39 bits per heavy atom. The topological polar surface area (TPSA) is 158 Å². The van der Waals surface area contributed by atoms with E-state index in [1.165, 1.54) is 38.0 Å². The first kappa shape index (κ1) is 19.5. The average molecular weight is 393 g/mol. The van der Waals surface area contributed by atoms with Gasteiger partial charge >= 0.3 is 17.9 Å². The summed E-state index contributed by atoms with van der Waals surface area (Å²) >= 11 is 0. The molecular weight excluding hydrogens is 374 g/mol. The molecule has 3 rings (SSSR count). The molecule has 1 saturated heterocycles. The molecule has 12 nitrogen and oxygen atoms in total. The Bertz CT molecular complexity index is 914. The van der Waals surface area contributed by atoms with Crippen molar-refractivity contribution in [3.05, 3.63) is 12.7 Å². The summed E-state index contributed by atoms with van der Waals surface area (Å²) in [5, 5.41) is 0. The summed E-state index contributed by atoms with van der Waals surface area (Å²) in [7, 11) is 0. The van der Waals surface area contributed by atoms with Gasteiger partial charge in [0.1, 0.15) is 24.6 Å². The maximum atomic E-state index is 11.7. The lowest BCUT2D eigenvalue weighted by Gasteiger charge is -2.23.